The highest BCUT2D eigenvalue weighted by Gasteiger charge is 2.08. The lowest BCUT2D eigenvalue weighted by molar-refractivity contribution is 0.0919. The minimum Gasteiger partial charge on any atom is -0.485 e. The zero-order valence-electron chi connectivity index (χ0n) is 11.6. The third kappa shape index (κ3) is 3.99. The van der Waals surface area contributed by atoms with Crippen LogP contribution in [0.2, 0.25) is 0 Å². The van der Waals surface area contributed by atoms with Crippen LogP contribution in [-0.2, 0) is 0 Å². The molecule has 0 aliphatic heterocycles. The molecular weight excluding hydrogens is 271 g/mol. The second-order valence-corrected chi connectivity index (χ2v) is 4.52. The number of hydrogen-bond donors (Lipinski definition) is 0. The maximum absolute atomic E-state index is 13.0. The monoisotopic (exact) mass is 286 g/mol. The van der Waals surface area contributed by atoms with Crippen LogP contribution in [-0.4, -0.2) is 18.2 Å². The van der Waals surface area contributed by atoms with Crippen LogP contribution in [0.15, 0.2) is 48.5 Å². The highest BCUT2D eigenvalue weighted by molar-refractivity contribution is 5.97. The fourth-order valence-electron chi connectivity index (χ4n) is 1.84. The fraction of sp³-hybridized carbons (Fsp3) is 0.176. The Morgan fingerprint density at radius 3 is 2.33 bits per heavy atom. The van der Waals surface area contributed by atoms with Crippen molar-refractivity contribution in [2.45, 2.75) is 13.3 Å². The van der Waals surface area contributed by atoms with Crippen molar-refractivity contribution in [1.29, 1.82) is 0 Å². The molecule has 0 aliphatic carbocycles. The highest BCUT2D eigenvalue weighted by Crippen LogP contribution is 2.14. The standard InChI is InChI=1S/C17H15FO3/c1-2-16(19)12-6-8-15(9-7-12)21-11-17(20)13-4-3-5-14(18)10-13/h3-10H,2,11H2,1H3. The van der Waals surface area contributed by atoms with Gasteiger partial charge in [-0.05, 0) is 36.4 Å². The van der Waals surface area contributed by atoms with Gasteiger partial charge in [-0.2, -0.15) is 0 Å². The van der Waals surface area contributed by atoms with E-state index in [0.29, 0.717) is 17.7 Å². The molecule has 0 unspecified atom stereocenters. The number of rotatable bonds is 6. The second kappa shape index (κ2) is 6.79. The smallest absolute Gasteiger partial charge is 0.200 e. The number of hydrogen-bond acceptors (Lipinski definition) is 3. The summed E-state index contributed by atoms with van der Waals surface area (Å²) in [6.07, 6.45) is 0.443. The van der Waals surface area contributed by atoms with Crippen molar-refractivity contribution in [3.63, 3.8) is 0 Å². The fourth-order valence-corrected chi connectivity index (χ4v) is 1.84. The third-order valence-corrected chi connectivity index (χ3v) is 3.01. The normalized spacial score (nSPS) is 10.2. The summed E-state index contributed by atoms with van der Waals surface area (Å²) in [5.74, 6) is -0.212. The molecule has 0 fully saturated rings. The van der Waals surface area contributed by atoms with Crippen LogP contribution >= 0.6 is 0 Å². The molecule has 21 heavy (non-hydrogen) atoms. The molecule has 0 aliphatic rings. The van der Waals surface area contributed by atoms with Crippen molar-refractivity contribution in [2.24, 2.45) is 0 Å². The molecule has 2 aromatic rings. The molecule has 0 spiro atoms. The lowest BCUT2D eigenvalue weighted by atomic mass is 10.1. The number of ether oxygens (including phenoxy) is 1. The van der Waals surface area contributed by atoms with E-state index < -0.39 is 5.82 Å². The molecule has 0 aromatic heterocycles. The quantitative estimate of drug-likeness (QED) is 0.761. The van der Waals surface area contributed by atoms with Gasteiger partial charge >= 0.3 is 0 Å². The molecular formula is C17H15FO3. The topological polar surface area (TPSA) is 43.4 Å². The summed E-state index contributed by atoms with van der Waals surface area (Å²) in [4.78, 5) is 23.3. The summed E-state index contributed by atoms with van der Waals surface area (Å²) in [5.41, 5.74) is 0.883. The predicted molar refractivity (Wildman–Crippen MR) is 77.3 cm³/mol. The summed E-state index contributed by atoms with van der Waals surface area (Å²) in [7, 11) is 0. The minimum atomic E-state index is -0.455. The van der Waals surface area contributed by atoms with Crippen LogP contribution in [0, 0.1) is 5.82 Å². The van der Waals surface area contributed by atoms with Gasteiger partial charge in [-0.1, -0.05) is 19.1 Å². The average Bonchev–Trinajstić information content (AvgIpc) is 2.52. The number of Topliss-reactive ketones (excluding diaryl/α,β-unsaturated/α-hetero) is 2. The van der Waals surface area contributed by atoms with Gasteiger partial charge in [-0.3, -0.25) is 9.59 Å². The zero-order valence-corrected chi connectivity index (χ0v) is 11.6. The molecule has 0 saturated carbocycles. The molecule has 108 valence electrons. The number of halogens is 1. The molecule has 0 amide bonds. The third-order valence-electron chi connectivity index (χ3n) is 3.01. The summed E-state index contributed by atoms with van der Waals surface area (Å²) in [5, 5.41) is 0. The Morgan fingerprint density at radius 1 is 1.00 bits per heavy atom. The van der Waals surface area contributed by atoms with Gasteiger partial charge in [0, 0.05) is 17.5 Å². The Bertz CT molecular complexity index is 647. The van der Waals surface area contributed by atoms with Crippen molar-refractivity contribution in [3.05, 3.63) is 65.5 Å². The van der Waals surface area contributed by atoms with Crippen molar-refractivity contribution in [2.75, 3.05) is 6.61 Å². The van der Waals surface area contributed by atoms with Gasteiger partial charge in [0.25, 0.3) is 0 Å². The Kier molecular flexibility index (Phi) is 4.82. The molecule has 4 heteroatoms. The number of carbonyl (C=O) groups excluding carboxylic acids is 2. The molecule has 3 nitrogen and oxygen atoms in total. The van der Waals surface area contributed by atoms with Gasteiger partial charge in [0.2, 0.25) is 0 Å². The van der Waals surface area contributed by atoms with E-state index in [9.17, 15) is 14.0 Å². The lowest BCUT2D eigenvalue weighted by Crippen LogP contribution is -2.11. The summed E-state index contributed by atoms with van der Waals surface area (Å²) in [6, 6.07) is 12.1. The van der Waals surface area contributed by atoms with Crippen molar-refractivity contribution < 1.29 is 18.7 Å². The van der Waals surface area contributed by atoms with Crippen molar-refractivity contribution in [3.8, 4) is 5.75 Å². The number of benzene rings is 2. The van der Waals surface area contributed by atoms with Gasteiger partial charge < -0.3 is 4.74 Å². The van der Waals surface area contributed by atoms with Gasteiger partial charge in [-0.15, -0.1) is 0 Å². The highest BCUT2D eigenvalue weighted by atomic mass is 19.1. The zero-order chi connectivity index (χ0) is 15.2. The summed E-state index contributed by atoms with van der Waals surface area (Å²) >= 11 is 0. The van der Waals surface area contributed by atoms with Gasteiger partial charge in [-0.25, -0.2) is 4.39 Å². The Morgan fingerprint density at radius 2 is 1.71 bits per heavy atom. The average molecular weight is 286 g/mol. The molecule has 0 N–H and O–H groups in total. The first-order valence-corrected chi connectivity index (χ1v) is 6.65. The molecule has 0 atom stereocenters. The first-order valence-electron chi connectivity index (χ1n) is 6.65. The minimum absolute atomic E-state index is 0.0531. The van der Waals surface area contributed by atoms with E-state index in [4.69, 9.17) is 4.74 Å². The maximum atomic E-state index is 13.0. The van der Waals surface area contributed by atoms with Crippen LogP contribution in [0.25, 0.3) is 0 Å². The Balaban J connectivity index is 1.97. The van der Waals surface area contributed by atoms with Gasteiger partial charge in [0.05, 0.1) is 0 Å². The van der Waals surface area contributed by atoms with Gasteiger partial charge in [0.1, 0.15) is 11.6 Å². The predicted octanol–water partition coefficient (Wildman–Crippen LogP) is 3.68. The molecule has 0 heterocycles. The molecule has 0 radical (unpaired) electrons. The van der Waals surface area contributed by atoms with Crippen molar-refractivity contribution >= 4 is 11.6 Å². The maximum Gasteiger partial charge on any atom is 0.200 e. The van der Waals surface area contributed by atoms with Crippen LogP contribution in [0.4, 0.5) is 4.39 Å². The first-order chi connectivity index (χ1) is 10.1. The van der Waals surface area contributed by atoms with E-state index in [-0.39, 0.29) is 23.7 Å². The number of ketones is 2. The van der Waals surface area contributed by atoms with Crippen LogP contribution < -0.4 is 4.74 Å². The molecule has 2 rings (SSSR count). The molecule has 2 aromatic carbocycles. The van der Waals surface area contributed by atoms with E-state index in [1.165, 1.54) is 24.3 Å². The van der Waals surface area contributed by atoms with E-state index in [1.807, 2.05) is 0 Å². The summed E-state index contributed by atoms with van der Waals surface area (Å²) < 4.78 is 18.4. The summed E-state index contributed by atoms with van der Waals surface area (Å²) in [6.45, 7) is 1.62. The SMILES string of the molecule is CCC(=O)c1ccc(OCC(=O)c2cccc(F)c2)cc1. The Labute approximate surface area is 122 Å². The Hall–Kier alpha value is -2.49. The van der Waals surface area contributed by atoms with Crippen LogP contribution in [0.5, 0.6) is 5.75 Å². The van der Waals surface area contributed by atoms with E-state index >= 15 is 0 Å². The number of carbonyl (C=O) groups is 2. The largest absolute Gasteiger partial charge is 0.485 e. The second-order valence-electron chi connectivity index (χ2n) is 4.52. The molecule has 0 bridgehead atoms. The van der Waals surface area contributed by atoms with E-state index in [0.717, 1.165) is 0 Å². The van der Waals surface area contributed by atoms with Crippen molar-refractivity contribution in [1.82, 2.24) is 0 Å². The molecule has 0 saturated heterocycles. The van der Waals surface area contributed by atoms with Crippen LogP contribution in [0.3, 0.4) is 0 Å². The lowest BCUT2D eigenvalue weighted by Gasteiger charge is -2.06. The van der Waals surface area contributed by atoms with Gasteiger partial charge in [0.15, 0.2) is 18.2 Å². The van der Waals surface area contributed by atoms with E-state index in [1.54, 1.807) is 31.2 Å². The van der Waals surface area contributed by atoms with E-state index in [2.05, 4.69) is 0 Å². The van der Waals surface area contributed by atoms with Crippen LogP contribution in [0.1, 0.15) is 34.1 Å². The first kappa shape index (κ1) is 14.9.